The highest BCUT2D eigenvalue weighted by Gasteiger charge is 2.37. The Hall–Kier alpha value is -2.21. The number of aryl methyl sites for hydroxylation is 1. The molecule has 0 saturated carbocycles. The maximum atomic E-state index is 12.5. The minimum absolute atomic E-state index is 0.197. The summed E-state index contributed by atoms with van der Waals surface area (Å²) in [6.07, 6.45) is 4.09. The summed E-state index contributed by atoms with van der Waals surface area (Å²) >= 11 is 0. The number of rotatable bonds is 3. The maximum absolute atomic E-state index is 12.5. The molecule has 0 radical (unpaired) electrons. The van der Waals surface area contributed by atoms with Crippen molar-refractivity contribution in [3.05, 3.63) is 47.6 Å². The predicted octanol–water partition coefficient (Wildman–Crippen LogP) is 1.20. The zero-order valence-electron chi connectivity index (χ0n) is 11.8. The van der Waals surface area contributed by atoms with Crippen LogP contribution in [0.5, 0.6) is 0 Å². The summed E-state index contributed by atoms with van der Waals surface area (Å²) in [5, 5.41) is 13.9. The number of hydrogen-bond donors (Lipinski definition) is 1. The Balaban J connectivity index is 1.79. The number of aliphatic hydroxyl groups is 1. The third kappa shape index (κ3) is 2.80. The zero-order chi connectivity index (χ0) is 14.8. The molecule has 1 fully saturated rings. The minimum Gasteiger partial charge on any atom is -0.391 e. The molecule has 3 rings (SSSR count). The third-order valence-corrected chi connectivity index (χ3v) is 3.79. The lowest BCUT2D eigenvalue weighted by atomic mass is 10.0. The van der Waals surface area contributed by atoms with E-state index in [9.17, 15) is 9.90 Å². The van der Waals surface area contributed by atoms with Gasteiger partial charge in [0.25, 0.3) is 5.91 Å². The van der Waals surface area contributed by atoms with Crippen molar-refractivity contribution in [1.82, 2.24) is 15.0 Å². The molecule has 6 heteroatoms. The molecule has 1 aliphatic rings. The highest BCUT2D eigenvalue weighted by Crippen LogP contribution is 2.23. The molecule has 0 unspecified atom stereocenters. The summed E-state index contributed by atoms with van der Waals surface area (Å²) in [4.78, 5) is 18.2. The average Bonchev–Trinajstić information content (AvgIpc) is 3.07. The fourth-order valence-corrected chi connectivity index (χ4v) is 2.71. The molecular formula is C15H17N3O3. The van der Waals surface area contributed by atoms with Crippen molar-refractivity contribution >= 4 is 5.91 Å². The number of pyridine rings is 1. The standard InChI is InChI=1S/C15H17N3O3/c1-10-7-12(17-21-10)15(20)18-6-4-14(19)13(18)8-11-3-2-5-16-9-11/h2-3,5,7,9,13-14,19H,4,6,8H2,1H3/t13-,14+/m0/s1. The van der Waals surface area contributed by atoms with Gasteiger partial charge in [0, 0.05) is 25.0 Å². The van der Waals surface area contributed by atoms with E-state index in [1.807, 2.05) is 12.1 Å². The second-order valence-corrected chi connectivity index (χ2v) is 5.31. The molecule has 0 aromatic carbocycles. The van der Waals surface area contributed by atoms with Crippen LogP contribution in [0.3, 0.4) is 0 Å². The van der Waals surface area contributed by atoms with Crippen molar-refractivity contribution in [2.45, 2.75) is 31.9 Å². The van der Waals surface area contributed by atoms with E-state index in [2.05, 4.69) is 10.1 Å². The van der Waals surface area contributed by atoms with E-state index in [0.29, 0.717) is 25.1 Å². The number of nitrogens with zero attached hydrogens (tertiary/aromatic N) is 3. The van der Waals surface area contributed by atoms with E-state index in [-0.39, 0.29) is 17.6 Å². The lowest BCUT2D eigenvalue weighted by Gasteiger charge is -2.25. The van der Waals surface area contributed by atoms with Crippen molar-refractivity contribution in [2.75, 3.05) is 6.54 Å². The summed E-state index contributed by atoms with van der Waals surface area (Å²) in [6.45, 7) is 2.27. The molecular weight excluding hydrogens is 270 g/mol. The normalized spacial score (nSPS) is 21.7. The quantitative estimate of drug-likeness (QED) is 0.917. The average molecular weight is 287 g/mol. The first-order valence-electron chi connectivity index (χ1n) is 6.96. The molecule has 6 nitrogen and oxygen atoms in total. The number of amides is 1. The van der Waals surface area contributed by atoms with E-state index in [0.717, 1.165) is 5.56 Å². The largest absolute Gasteiger partial charge is 0.391 e. The van der Waals surface area contributed by atoms with E-state index in [1.54, 1.807) is 30.3 Å². The minimum atomic E-state index is -0.526. The molecule has 0 aliphatic carbocycles. The first-order chi connectivity index (χ1) is 10.1. The predicted molar refractivity (Wildman–Crippen MR) is 74.6 cm³/mol. The van der Waals surface area contributed by atoms with Gasteiger partial charge in [0.15, 0.2) is 5.69 Å². The summed E-state index contributed by atoms with van der Waals surface area (Å²) in [7, 11) is 0. The van der Waals surface area contributed by atoms with Crippen LogP contribution in [0.2, 0.25) is 0 Å². The van der Waals surface area contributed by atoms with Crippen molar-refractivity contribution in [3.8, 4) is 0 Å². The fourth-order valence-electron chi connectivity index (χ4n) is 2.71. The molecule has 3 heterocycles. The lowest BCUT2D eigenvalue weighted by molar-refractivity contribution is 0.0630. The highest BCUT2D eigenvalue weighted by atomic mass is 16.5. The summed E-state index contributed by atoms with van der Waals surface area (Å²) in [5.41, 5.74) is 1.29. The van der Waals surface area contributed by atoms with Gasteiger partial charge in [-0.2, -0.15) is 0 Å². The molecule has 1 amide bonds. The number of aromatic nitrogens is 2. The number of likely N-dealkylation sites (tertiary alicyclic amines) is 1. The second kappa shape index (κ2) is 5.65. The highest BCUT2D eigenvalue weighted by molar-refractivity contribution is 5.92. The van der Waals surface area contributed by atoms with Gasteiger partial charge in [0.05, 0.1) is 12.1 Å². The Kier molecular flexibility index (Phi) is 3.70. The van der Waals surface area contributed by atoms with Crippen LogP contribution in [-0.4, -0.2) is 44.7 Å². The van der Waals surface area contributed by atoms with Gasteiger partial charge in [-0.3, -0.25) is 9.78 Å². The molecule has 21 heavy (non-hydrogen) atoms. The fraction of sp³-hybridized carbons (Fsp3) is 0.400. The number of hydrogen-bond acceptors (Lipinski definition) is 5. The van der Waals surface area contributed by atoms with Crippen LogP contribution in [0.1, 0.15) is 28.2 Å². The Morgan fingerprint density at radius 3 is 3.10 bits per heavy atom. The molecule has 1 aliphatic heterocycles. The summed E-state index contributed by atoms with van der Waals surface area (Å²) in [5.74, 6) is 0.402. The monoisotopic (exact) mass is 287 g/mol. The summed E-state index contributed by atoms with van der Waals surface area (Å²) < 4.78 is 4.96. The van der Waals surface area contributed by atoms with Gasteiger partial charge in [0.1, 0.15) is 5.76 Å². The van der Waals surface area contributed by atoms with Crippen LogP contribution in [-0.2, 0) is 6.42 Å². The van der Waals surface area contributed by atoms with Crippen LogP contribution in [0.15, 0.2) is 35.1 Å². The molecule has 2 aromatic heterocycles. The van der Waals surface area contributed by atoms with Gasteiger partial charge < -0.3 is 14.5 Å². The van der Waals surface area contributed by atoms with Crippen LogP contribution in [0.25, 0.3) is 0 Å². The molecule has 1 saturated heterocycles. The molecule has 0 spiro atoms. The molecule has 2 aromatic rings. The number of carbonyl (C=O) groups excluding carboxylic acids is 1. The molecule has 0 bridgehead atoms. The van der Waals surface area contributed by atoms with Crippen LogP contribution < -0.4 is 0 Å². The zero-order valence-corrected chi connectivity index (χ0v) is 11.8. The van der Waals surface area contributed by atoms with E-state index < -0.39 is 6.10 Å². The second-order valence-electron chi connectivity index (χ2n) is 5.31. The lowest BCUT2D eigenvalue weighted by Crippen LogP contribution is -2.41. The molecule has 1 N–H and O–H groups in total. The van der Waals surface area contributed by atoms with Crippen molar-refractivity contribution in [2.24, 2.45) is 0 Å². The number of aliphatic hydroxyl groups excluding tert-OH is 1. The van der Waals surface area contributed by atoms with Crippen LogP contribution in [0.4, 0.5) is 0 Å². The maximum Gasteiger partial charge on any atom is 0.276 e. The Morgan fingerprint density at radius 1 is 1.57 bits per heavy atom. The molecule has 110 valence electrons. The van der Waals surface area contributed by atoms with Crippen molar-refractivity contribution in [1.29, 1.82) is 0 Å². The van der Waals surface area contributed by atoms with E-state index >= 15 is 0 Å². The SMILES string of the molecule is Cc1cc(C(=O)N2CC[C@@H](O)[C@@H]2Cc2cccnc2)no1. The first kappa shape index (κ1) is 13.8. The number of carbonyl (C=O) groups is 1. The molecule has 2 atom stereocenters. The Morgan fingerprint density at radius 2 is 2.43 bits per heavy atom. The van der Waals surface area contributed by atoms with Gasteiger partial charge in [-0.05, 0) is 31.4 Å². The van der Waals surface area contributed by atoms with Gasteiger partial charge in [-0.25, -0.2) is 0 Å². The first-order valence-corrected chi connectivity index (χ1v) is 6.96. The van der Waals surface area contributed by atoms with Gasteiger partial charge in [0.2, 0.25) is 0 Å². The Bertz CT molecular complexity index is 626. The van der Waals surface area contributed by atoms with E-state index in [1.165, 1.54) is 0 Å². The van der Waals surface area contributed by atoms with Crippen LogP contribution >= 0.6 is 0 Å². The third-order valence-electron chi connectivity index (χ3n) is 3.79. The van der Waals surface area contributed by atoms with Gasteiger partial charge in [-0.1, -0.05) is 11.2 Å². The van der Waals surface area contributed by atoms with Crippen molar-refractivity contribution < 1.29 is 14.4 Å². The van der Waals surface area contributed by atoms with E-state index in [4.69, 9.17) is 4.52 Å². The van der Waals surface area contributed by atoms with Gasteiger partial charge in [-0.15, -0.1) is 0 Å². The topological polar surface area (TPSA) is 79.5 Å². The Labute approximate surface area is 122 Å². The van der Waals surface area contributed by atoms with Crippen molar-refractivity contribution in [3.63, 3.8) is 0 Å². The van der Waals surface area contributed by atoms with Crippen LogP contribution in [0, 0.1) is 6.92 Å². The van der Waals surface area contributed by atoms with Gasteiger partial charge >= 0.3 is 0 Å². The smallest absolute Gasteiger partial charge is 0.276 e. The summed E-state index contributed by atoms with van der Waals surface area (Å²) in [6, 6.07) is 5.16.